The minimum atomic E-state index is -0.201. The highest BCUT2D eigenvalue weighted by atomic mass is 32.2. The van der Waals surface area contributed by atoms with Crippen molar-refractivity contribution < 1.29 is 9.53 Å². The lowest BCUT2D eigenvalue weighted by Gasteiger charge is -2.33. The first kappa shape index (κ1) is 16.6. The third-order valence-corrected chi connectivity index (χ3v) is 6.08. The number of hydrogen-bond donors (Lipinski definition) is 1. The Morgan fingerprint density at radius 2 is 2.48 bits per heavy atom. The van der Waals surface area contributed by atoms with Gasteiger partial charge in [0.25, 0.3) is 0 Å². The van der Waals surface area contributed by atoms with E-state index >= 15 is 0 Å². The van der Waals surface area contributed by atoms with Gasteiger partial charge in [-0.1, -0.05) is 0 Å². The van der Waals surface area contributed by atoms with Crippen LogP contribution in [0.3, 0.4) is 0 Å². The number of urea groups is 1. The number of nitrogens with zero attached hydrogens (tertiary/aromatic N) is 4. The maximum atomic E-state index is 12.5. The average Bonchev–Trinajstić information content (AvgIpc) is 3.22. The first-order chi connectivity index (χ1) is 11.1. The number of rotatable bonds is 4. The van der Waals surface area contributed by atoms with Gasteiger partial charge in [-0.25, -0.2) is 4.79 Å². The van der Waals surface area contributed by atoms with Crippen molar-refractivity contribution in [1.82, 2.24) is 25.0 Å². The number of aromatic nitrogens is 3. The second-order valence-electron chi connectivity index (χ2n) is 6.34. The number of aryl methyl sites for hydroxylation is 1. The summed E-state index contributed by atoms with van der Waals surface area (Å²) in [5.74, 6) is 1.99. The van der Waals surface area contributed by atoms with Gasteiger partial charge in [-0.3, -0.25) is 0 Å². The molecule has 2 fully saturated rings. The Hall–Kier alpha value is -1.28. The van der Waals surface area contributed by atoms with Gasteiger partial charge in [0.1, 0.15) is 12.4 Å². The van der Waals surface area contributed by atoms with E-state index in [1.165, 1.54) is 18.6 Å². The van der Waals surface area contributed by atoms with Crippen molar-refractivity contribution in [3.8, 4) is 0 Å². The molecule has 2 atom stereocenters. The molecule has 2 saturated heterocycles. The summed E-state index contributed by atoms with van der Waals surface area (Å²) in [6.45, 7) is 7.46. The predicted octanol–water partition coefficient (Wildman–Crippen LogP) is 1.67. The molecule has 0 aliphatic carbocycles. The van der Waals surface area contributed by atoms with E-state index in [4.69, 9.17) is 4.74 Å². The minimum absolute atomic E-state index is 0.00501. The summed E-state index contributed by atoms with van der Waals surface area (Å²) < 4.78 is 7.94. The molecule has 0 saturated carbocycles. The second kappa shape index (κ2) is 7.09. The smallest absolute Gasteiger partial charge is 0.317 e. The van der Waals surface area contributed by atoms with E-state index in [2.05, 4.69) is 22.4 Å². The molecule has 0 spiro atoms. The summed E-state index contributed by atoms with van der Waals surface area (Å²) in [5.41, 5.74) is 0. The molecule has 7 nitrogen and oxygen atoms in total. The predicted molar refractivity (Wildman–Crippen MR) is 89.5 cm³/mol. The Bertz CT molecular complexity index is 544. The molecule has 3 rings (SSSR count). The zero-order valence-corrected chi connectivity index (χ0v) is 14.6. The van der Waals surface area contributed by atoms with Crippen LogP contribution in [0.15, 0.2) is 6.33 Å². The molecule has 2 amide bonds. The highest BCUT2D eigenvalue weighted by Gasteiger charge is 2.32. The Labute approximate surface area is 141 Å². The van der Waals surface area contributed by atoms with Gasteiger partial charge >= 0.3 is 6.03 Å². The first-order valence-corrected chi connectivity index (χ1v) is 9.26. The lowest BCUT2D eigenvalue weighted by molar-refractivity contribution is -0.0218. The van der Waals surface area contributed by atoms with E-state index in [1.807, 2.05) is 28.2 Å². The molecule has 0 bridgehead atoms. The molecule has 1 aromatic heterocycles. The van der Waals surface area contributed by atoms with Gasteiger partial charge in [0.05, 0.1) is 13.2 Å². The number of carbonyl (C=O) groups excluding carboxylic acids is 1. The number of nitrogens with one attached hydrogen (secondary N) is 1. The van der Waals surface area contributed by atoms with E-state index < -0.39 is 0 Å². The summed E-state index contributed by atoms with van der Waals surface area (Å²) >= 11 is 1.96. The van der Waals surface area contributed by atoms with Crippen LogP contribution < -0.4 is 5.32 Å². The van der Waals surface area contributed by atoms with Gasteiger partial charge in [-0.15, -0.1) is 10.2 Å². The van der Waals surface area contributed by atoms with Crippen LogP contribution in [0.2, 0.25) is 0 Å². The van der Waals surface area contributed by atoms with E-state index in [1.54, 1.807) is 6.33 Å². The monoisotopic (exact) mass is 339 g/mol. The maximum Gasteiger partial charge on any atom is 0.317 e. The Morgan fingerprint density at radius 1 is 1.61 bits per heavy atom. The Balaban J connectivity index is 1.56. The maximum absolute atomic E-state index is 12.5. The fourth-order valence-corrected chi connectivity index (χ4v) is 4.34. The minimum Gasteiger partial charge on any atom is -0.366 e. The van der Waals surface area contributed by atoms with Crippen LogP contribution in [0, 0.1) is 0 Å². The Morgan fingerprint density at radius 3 is 3.22 bits per heavy atom. The van der Waals surface area contributed by atoms with E-state index in [-0.39, 0.29) is 16.9 Å². The van der Waals surface area contributed by atoms with Crippen molar-refractivity contribution in [2.75, 3.05) is 32.0 Å². The highest BCUT2D eigenvalue weighted by molar-refractivity contribution is 8.00. The van der Waals surface area contributed by atoms with Gasteiger partial charge in [0, 0.05) is 24.4 Å². The van der Waals surface area contributed by atoms with Crippen molar-refractivity contribution in [2.24, 2.45) is 0 Å². The third-order valence-electron chi connectivity index (χ3n) is 4.54. The fraction of sp³-hybridized carbons (Fsp3) is 0.800. The molecule has 2 aliphatic heterocycles. The quantitative estimate of drug-likeness (QED) is 0.903. The van der Waals surface area contributed by atoms with Gasteiger partial charge in [-0.2, -0.15) is 11.8 Å². The van der Waals surface area contributed by atoms with Crippen LogP contribution in [-0.2, 0) is 11.3 Å². The first-order valence-electron chi connectivity index (χ1n) is 8.27. The van der Waals surface area contributed by atoms with Gasteiger partial charge in [0.15, 0.2) is 5.82 Å². The molecular weight excluding hydrogens is 314 g/mol. The lowest BCUT2D eigenvalue weighted by atomic mass is 10.1. The highest BCUT2D eigenvalue weighted by Crippen LogP contribution is 2.37. The summed E-state index contributed by atoms with van der Waals surface area (Å²) in [6, 6.07) is -0.00501. The summed E-state index contributed by atoms with van der Waals surface area (Å²) in [6.07, 6.45) is 3.91. The van der Waals surface area contributed by atoms with Crippen molar-refractivity contribution in [3.05, 3.63) is 12.2 Å². The van der Waals surface area contributed by atoms with Crippen LogP contribution in [-0.4, -0.2) is 62.4 Å². The molecule has 0 aromatic carbocycles. The number of amides is 2. The topological polar surface area (TPSA) is 72.3 Å². The number of morpholine rings is 1. The Kier molecular flexibility index (Phi) is 5.11. The number of hydrogen-bond acceptors (Lipinski definition) is 5. The largest absolute Gasteiger partial charge is 0.366 e. The molecule has 23 heavy (non-hydrogen) atoms. The third kappa shape index (κ3) is 3.80. The van der Waals surface area contributed by atoms with Crippen LogP contribution in [0.4, 0.5) is 4.79 Å². The SMILES string of the molecule is CCn1cnnc1[C@@H]1CN(C(=O)NC[C@@]2(C)CCCS2)CCO1. The summed E-state index contributed by atoms with van der Waals surface area (Å²) in [7, 11) is 0. The van der Waals surface area contributed by atoms with Crippen molar-refractivity contribution in [1.29, 1.82) is 0 Å². The number of carbonyl (C=O) groups is 1. The number of thioether (sulfide) groups is 1. The molecule has 2 aliphatic rings. The normalized spacial score (nSPS) is 28.1. The molecule has 3 heterocycles. The molecule has 1 N–H and O–H groups in total. The standard InChI is InChI=1S/C15H25N5O2S/c1-3-19-11-17-18-13(19)12-9-20(6-7-22-12)14(21)16-10-15(2)5-4-8-23-15/h11-12H,3-10H2,1-2H3,(H,16,21)/t12-,15+/m0/s1. The molecule has 0 unspecified atom stereocenters. The van der Waals surface area contributed by atoms with Gasteiger partial charge < -0.3 is 19.5 Å². The van der Waals surface area contributed by atoms with Gasteiger partial charge in [0.2, 0.25) is 0 Å². The zero-order valence-electron chi connectivity index (χ0n) is 13.8. The second-order valence-corrected chi connectivity index (χ2v) is 8.02. The molecular formula is C15H25N5O2S. The molecule has 8 heteroatoms. The van der Waals surface area contributed by atoms with E-state index in [0.717, 1.165) is 18.9 Å². The van der Waals surface area contributed by atoms with E-state index in [9.17, 15) is 4.79 Å². The number of ether oxygens (including phenoxy) is 1. The zero-order chi connectivity index (χ0) is 16.3. The lowest BCUT2D eigenvalue weighted by Crippen LogP contribution is -2.49. The van der Waals surface area contributed by atoms with Crippen LogP contribution in [0.25, 0.3) is 0 Å². The fourth-order valence-electron chi connectivity index (χ4n) is 3.10. The summed E-state index contributed by atoms with van der Waals surface area (Å²) in [5, 5.41) is 11.2. The average molecular weight is 339 g/mol. The molecule has 128 valence electrons. The van der Waals surface area contributed by atoms with Crippen LogP contribution >= 0.6 is 11.8 Å². The summed E-state index contributed by atoms with van der Waals surface area (Å²) in [4.78, 5) is 14.3. The van der Waals surface area contributed by atoms with Crippen molar-refractivity contribution in [3.63, 3.8) is 0 Å². The van der Waals surface area contributed by atoms with Crippen molar-refractivity contribution >= 4 is 17.8 Å². The molecule has 1 aromatic rings. The van der Waals surface area contributed by atoms with Crippen LogP contribution in [0.1, 0.15) is 38.6 Å². The van der Waals surface area contributed by atoms with Crippen molar-refractivity contribution in [2.45, 2.75) is 44.1 Å². The van der Waals surface area contributed by atoms with E-state index in [0.29, 0.717) is 19.7 Å². The molecule has 0 radical (unpaired) electrons. The van der Waals surface area contributed by atoms with Crippen LogP contribution in [0.5, 0.6) is 0 Å². The van der Waals surface area contributed by atoms with Gasteiger partial charge in [-0.05, 0) is 32.4 Å².